The van der Waals surface area contributed by atoms with Crippen molar-refractivity contribution in [1.82, 2.24) is 5.32 Å². The lowest BCUT2D eigenvalue weighted by Crippen LogP contribution is -2.34. The van der Waals surface area contributed by atoms with Crippen LogP contribution in [0.2, 0.25) is 0 Å². The largest absolute Gasteiger partial charge is 0.491 e. The van der Waals surface area contributed by atoms with Crippen LogP contribution in [-0.2, 0) is 10.5 Å². The van der Waals surface area contributed by atoms with Crippen molar-refractivity contribution in [3.8, 4) is 5.75 Å². The predicted molar refractivity (Wildman–Crippen MR) is 102 cm³/mol. The molecule has 24 heavy (non-hydrogen) atoms. The molecule has 0 bridgehead atoms. The van der Waals surface area contributed by atoms with Gasteiger partial charge in [-0.15, -0.1) is 11.8 Å². The lowest BCUT2D eigenvalue weighted by molar-refractivity contribution is -0.120. The number of hydrogen-bond acceptors (Lipinski definition) is 3. The topological polar surface area (TPSA) is 38.3 Å². The van der Waals surface area contributed by atoms with Crippen LogP contribution in [0, 0.1) is 13.8 Å². The van der Waals surface area contributed by atoms with E-state index in [0.29, 0.717) is 13.2 Å². The van der Waals surface area contributed by atoms with Crippen LogP contribution in [0.15, 0.2) is 48.5 Å². The normalized spacial score (nSPS) is 11.8. The van der Waals surface area contributed by atoms with Crippen molar-refractivity contribution in [2.75, 3.05) is 13.2 Å². The molecule has 1 N–H and O–H groups in total. The fraction of sp³-hybridized carbons (Fsp3) is 0.350. The number of aryl methyl sites for hydroxylation is 2. The number of ether oxygens (including phenoxy) is 1. The zero-order valence-corrected chi connectivity index (χ0v) is 15.4. The van der Waals surface area contributed by atoms with Crippen molar-refractivity contribution in [3.63, 3.8) is 0 Å². The summed E-state index contributed by atoms with van der Waals surface area (Å²) >= 11 is 1.64. The molecule has 2 aromatic rings. The summed E-state index contributed by atoms with van der Waals surface area (Å²) in [6, 6.07) is 16.3. The molecule has 0 aliphatic heterocycles. The first-order chi connectivity index (χ1) is 11.6. The Labute approximate surface area is 148 Å². The summed E-state index contributed by atoms with van der Waals surface area (Å²) in [6.07, 6.45) is 0. The molecular weight excluding hydrogens is 318 g/mol. The number of rotatable bonds is 8. The summed E-state index contributed by atoms with van der Waals surface area (Å²) in [4.78, 5) is 12.1. The highest BCUT2D eigenvalue weighted by Gasteiger charge is 2.12. The number of benzene rings is 2. The van der Waals surface area contributed by atoms with Crippen LogP contribution in [0.3, 0.4) is 0 Å². The second-order valence-corrected chi connectivity index (χ2v) is 7.18. The van der Waals surface area contributed by atoms with Gasteiger partial charge in [-0.1, -0.05) is 42.5 Å². The Morgan fingerprint density at radius 3 is 2.67 bits per heavy atom. The van der Waals surface area contributed by atoms with Crippen molar-refractivity contribution < 1.29 is 9.53 Å². The minimum absolute atomic E-state index is 0.0560. The smallest absolute Gasteiger partial charge is 0.232 e. The van der Waals surface area contributed by atoms with E-state index in [4.69, 9.17) is 4.74 Å². The van der Waals surface area contributed by atoms with Gasteiger partial charge in [-0.25, -0.2) is 0 Å². The van der Waals surface area contributed by atoms with Crippen LogP contribution in [-0.4, -0.2) is 24.3 Å². The Kier molecular flexibility index (Phi) is 7.19. The van der Waals surface area contributed by atoms with Gasteiger partial charge in [-0.2, -0.15) is 0 Å². The van der Waals surface area contributed by atoms with E-state index in [0.717, 1.165) is 17.1 Å². The molecule has 0 fully saturated rings. The SMILES string of the molecule is Cc1ccc(C)c(OCCNC(=O)C(C)SCc2ccccc2)c1. The Bertz CT molecular complexity index is 658. The number of hydrogen-bond donors (Lipinski definition) is 1. The molecule has 0 radical (unpaired) electrons. The predicted octanol–water partition coefficient (Wildman–Crippen LogP) is 4.12. The van der Waals surface area contributed by atoms with Crippen LogP contribution in [0.5, 0.6) is 5.75 Å². The average molecular weight is 343 g/mol. The van der Waals surface area contributed by atoms with Crippen LogP contribution < -0.4 is 10.1 Å². The van der Waals surface area contributed by atoms with Gasteiger partial charge in [0.2, 0.25) is 5.91 Å². The summed E-state index contributed by atoms with van der Waals surface area (Å²) < 4.78 is 5.76. The Morgan fingerprint density at radius 2 is 1.92 bits per heavy atom. The molecule has 0 heterocycles. The molecule has 128 valence electrons. The van der Waals surface area contributed by atoms with Crippen LogP contribution >= 0.6 is 11.8 Å². The maximum Gasteiger partial charge on any atom is 0.232 e. The Balaban J connectivity index is 1.68. The summed E-state index contributed by atoms with van der Waals surface area (Å²) in [7, 11) is 0. The van der Waals surface area contributed by atoms with E-state index in [1.54, 1.807) is 11.8 Å². The van der Waals surface area contributed by atoms with E-state index >= 15 is 0 Å². The van der Waals surface area contributed by atoms with Crippen molar-refractivity contribution in [3.05, 3.63) is 65.2 Å². The zero-order valence-electron chi connectivity index (χ0n) is 14.5. The van der Waals surface area contributed by atoms with Gasteiger partial charge in [0.15, 0.2) is 0 Å². The lowest BCUT2D eigenvalue weighted by Gasteiger charge is -2.13. The van der Waals surface area contributed by atoms with Gasteiger partial charge in [-0.3, -0.25) is 4.79 Å². The quantitative estimate of drug-likeness (QED) is 0.733. The average Bonchev–Trinajstić information content (AvgIpc) is 2.60. The Morgan fingerprint density at radius 1 is 1.17 bits per heavy atom. The molecule has 1 atom stereocenters. The van der Waals surface area contributed by atoms with Crippen molar-refractivity contribution in [2.24, 2.45) is 0 Å². The lowest BCUT2D eigenvalue weighted by atomic mass is 10.1. The van der Waals surface area contributed by atoms with E-state index < -0.39 is 0 Å². The Hall–Kier alpha value is -1.94. The monoisotopic (exact) mass is 343 g/mol. The number of thioether (sulfide) groups is 1. The van der Waals surface area contributed by atoms with Gasteiger partial charge < -0.3 is 10.1 Å². The minimum Gasteiger partial charge on any atom is -0.491 e. The third-order valence-electron chi connectivity index (χ3n) is 3.71. The molecule has 0 saturated carbocycles. The van der Waals surface area contributed by atoms with Gasteiger partial charge in [0.05, 0.1) is 11.8 Å². The first-order valence-electron chi connectivity index (χ1n) is 8.19. The molecule has 1 amide bonds. The molecule has 2 aromatic carbocycles. The molecule has 0 aromatic heterocycles. The second-order valence-electron chi connectivity index (χ2n) is 5.85. The molecule has 3 nitrogen and oxygen atoms in total. The van der Waals surface area contributed by atoms with E-state index in [9.17, 15) is 4.79 Å². The molecule has 0 saturated heterocycles. The number of nitrogens with one attached hydrogen (secondary N) is 1. The first kappa shape index (κ1) is 18.4. The highest BCUT2D eigenvalue weighted by molar-refractivity contribution is 7.99. The third-order valence-corrected chi connectivity index (χ3v) is 4.93. The fourth-order valence-electron chi connectivity index (χ4n) is 2.21. The van der Waals surface area contributed by atoms with E-state index in [1.165, 1.54) is 11.1 Å². The molecule has 4 heteroatoms. The third kappa shape index (κ3) is 5.93. The fourth-order valence-corrected chi connectivity index (χ4v) is 3.08. The first-order valence-corrected chi connectivity index (χ1v) is 9.24. The molecule has 0 aliphatic rings. The van der Waals surface area contributed by atoms with E-state index in [-0.39, 0.29) is 11.2 Å². The zero-order chi connectivity index (χ0) is 17.4. The summed E-state index contributed by atoms with van der Waals surface area (Å²) in [5.74, 6) is 1.78. The van der Waals surface area contributed by atoms with Gasteiger partial charge in [-0.05, 0) is 43.5 Å². The maximum atomic E-state index is 12.1. The van der Waals surface area contributed by atoms with Gasteiger partial charge >= 0.3 is 0 Å². The summed E-state index contributed by atoms with van der Waals surface area (Å²) in [5.41, 5.74) is 3.52. The summed E-state index contributed by atoms with van der Waals surface area (Å²) in [5, 5.41) is 2.86. The second kappa shape index (κ2) is 9.38. The van der Waals surface area contributed by atoms with Gasteiger partial charge in [0, 0.05) is 5.75 Å². The summed E-state index contributed by atoms with van der Waals surface area (Å²) in [6.45, 7) is 7.00. The van der Waals surface area contributed by atoms with E-state index in [1.807, 2.05) is 51.1 Å². The number of carbonyl (C=O) groups is 1. The van der Waals surface area contributed by atoms with Crippen molar-refractivity contribution in [1.29, 1.82) is 0 Å². The molecule has 0 aliphatic carbocycles. The maximum absolute atomic E-state index is 12.1. The standard InChI is InChI=1S/C20H25NO2S/c1-15-9-10-16(2)19(13-15)23-12-11-21-20(22)17(3)24-14-18-7-5-4-6-8-18/h4-10,13,17H,11-12,14H2,1-3H3,(H,21,22). The van der Waals surface area contributed by atoms with Crippen molar-refractivity contribution in [2.45, 2.75) is 31.8 Å². The minimum atomic E-state index is -0.0779. The number of amides is 1. The molecule has 1 unspecified atom stereocenters. The number of carbonyl (C=O) groups excluding carboxylic acids is 1. The van der Waals surface area contributed by atoms with Crippen LogP contribution in [0.4, 0.5) is 0 Å². The molecular formula is C20H25NO2S. The highest BCUT2D eigenvalue weighted by atomic mass is 32.2. The van der Waals surface area contributed by atoms with Gasteiger partial charge in [0.25, 0.3) is 0 Å². The van der Waals surface area contributed by atoms with E-state index in [2.05, 4.69) is 23.5 Å². The van der Waals surface area contributed by atoms with Crippen LogP contribution in [0.1, 0.15) is 23.6 Å². The van der Waals surface area contributed by atoms with Crippen LogP contribution in [0.25, 0.3) is 0 Å². The molecule has 0 spiro atoms. The highest BCUT2D eigenvalue weighted by Crippen LogP contribution is 2.19. The van der Waals surface area contributed by atoms with Crippen molar-refractivity contribution >= 4 is 17.7 Å². The molecule has 2 rings (SSSR count). The van der Waals surface area contributed by atoms with Gasteiger partial charge in [0.1, 0.15) is 12.4 Å².